The Bertz CT molecular complexity index is 1200. The lowest BCUT2D eigenvalue weighted by Crippen LogP contribution is -2.36. The number of rotatable bonds is 5. The first kappa shape index (κ1) is 20.2. The number of hydrogen-bond donors (Lipinski definition) is 2. The molecule has 2 aliphatic carbocycles. The molecule has 0 aliphatic heterocycles. The quantitative estimate of drug-likeness (QED) is 0.613. The number of anilines is 2. The van der Waals surface area contributed by atoms with E-state index >= 15 is 0 Å². The van der Waals surface area contributed by atoms with Gasteiger partial charge in [0.1, 0.15) is 12.2 Å². The van der Waals surface area contributed by atoms with Crippen molar-refractivity contribution in [3.8, 4) is 6.07 Å². The van der Waals surface area contributed by atoms with E-state index in [0.29, 0.717) is 17.0 Å². The number of nitriles is 1. The van der Waals surface area contributed by atoms with Crippen LogP contribution in [0.25, 0.3) is 10.9 Å². The Morgan fingerprint density at radius 1 is 1.19 bits per heavy atom. The van der Waals surface area contributed by atoms with Crippen LogP contribution < -0.4 is 10.6 Å². The lowest BCUT2D eigenvalue weighted by atomic mass is 10.0. The Morgan fingerprint density at radius 3 is 2.75 bits per heavy atom. The van der Waals surface area contributed by atoms with E-state index in [1.165, 1.54) is 0 Å². The predicted octanol–water partition coefficient (Wildman–Crippen LogP) is 4.55. The standard InChI is InChI=1S/C24H24N6O2/c1-24(8-9-24)30-23(31)32-18-6-4-15(11-18)17-13-27-22(28-14-17)29-20-7-5-16(12-25)21-19(20)3-2-10-26-21/h2-3,5,7,10,13-15,18H,4,6,8-9,11H2,1H3,(H,30,31)(H,27,28,29)/t15-,18+/m1/s1. The van der Waals surface area contributed by atoms with Crippen LogP contribution >= 0.6 is 0 Å². The monoisotopic (exact) mass is 428 g/mol. The fraction of sp³-hybridized carbons (Fsp3) is 0.375. The summed E-state index contributed by atoms with van der Waals surface area (Å²) >= 11 is 0. The van der Waals surface area contributed by atoms with Crippen LogP contribution in [0.1, 0.15) is 56.1 Å². The van der Waals surface area contributed by atoms with Gasteiger partial charge in [-0.25, -0.2) is 14.8 Å². The molecule has 2 heterocycles. The molecule has 0 bridgehead atoms. The van der Waals surface area contributed by atoms with Gasteiger partial charge in [-0.1, -0.05) is 0 Å². The second-order valence-corrected chi connectivity index (χ2v) is 8.86. The largest absolute Gasteiger partial charge is 0.446 e. The highest BCUT2D eigenvalue weighted by atomic mass is 16.6. The Kier molecular flexibility index (Phi) is 5.10. The fourth-order valence-corrected chi connectivity index (χ4v) is 4.20. The Morgan fingerprint density at radius 2 is 2.00 bits per heavy atom. The minimum absolute atomic E-state index is 0.0674. The van der Waals surface area contributed by atoms with Crippen molar-refractivity contribution in [1.29, 1.82) is 5.26 Å². The Balaban J connectivity index is 1.23. The van der Waals surface area contributed by atoms with Gasteiger partial charge in [-0.15, -0.1) is 0 Å². The number of nitrogens with zero attached hydrogens (tertiary/aromatic N) is 4. The van der Waals surface area contributed by atoms with E-state index in [9.17, 15) is 10.1 Å². The van der Waals surface area contributed by atoms with Crippen molar-refractivity contribution in [2.24, 2.45) is 0 Å². The number of amides is 1. The van der Waals surface area contributed by atoms with Crippen molar-refractivity contribution in [2.45, 2.75) is 56.6 Å². The van der Waals surface area contributed by atoms with Gasteiger partial charge in [0, 0.05) is 29.5 Å². The molecule has 5 rings (SSSR count). The highest BCUT2D eigenvalue weighted by molar-refractivity contribution is 5.95. The average Bonchev–Trinajstić information content (AvgIpc) is 3.34. The van der Waals surface area contributed by atoms with Crippen LogP contribution in [0.5, 0.6) is 0 Å². The molecule has 0 unspecified atom stereocenters. The number of carbonyl (C=O) groups excluding carboxylic acids is 1. The number of carbonyl (C=O) groups is 1. The van der Waals surface area contributed by atoms with Gasteiger partial charge < -0.3 is 15.4 Å². The summed E-state index contributed by atoms with van der Waals surface area (Å²) < 4.78 is 5.61. The summed E-state index contributed by atoms with van der Waals surface area (Å²) in [6, 6.07) is 9.50. The molecule has 1 aromatic carbocycles. The molecular formula is C24H24N6O2. The summed E-state index contributed by atoms with van der Waals surface area (Å²) in [5, 5.41) is 16.3. The molecule has 2 aliphatic rings. The van der Waals surface area contributed by atoms with Crippen LogP contribution in [0.4, 0.5) is 16.4 Å². The number of nitrogens with one attached hydrogen (secondary N) is 2. The maximum atomic E-state index is 12.1. The molecule has 8 nitrogen and oxygen atoms in total. The maximum Gasteiger partial charge on any atom is 0.407 e. The molecule has 0 saturated heterocycles. The normalized spacial score (nSPS) is 21.0. The predicted molar refractivity (Wildman–Crippen MR) is 119 cm³/mol. The second-order valence-electron chi connectivity index (χ2n) is 8.86. The summed E-state index contributed by atoms with van der Waals surface area (Å²) in [7, 11) is 0. The number of hydrogen-bond acceptors (Lipinski definition) is 7. The molecule has 3 aromatic rings. The van der Waals surface area contributed by atoms with Gasteiger partial charge in [-0.05, 0) is 74.8 Å². The topological polar surface area (TPSA) is 113 Å². The van der Waals surface area contributed by atoms with Crippen molar-refractivity contribution in [2.75, 3.05) is 5.32 Å². The van der Waals surface area contributed by atoms with Crippen molar-refractivity contribution in [1.82, 2.24) is 20.3 Å². The Labute approximate surface area is 186 Å². The summed E-state index contributed by atoms with van der Waals surface area (Å²) in [6.07, 6.45) is 9.56. The molecule has 2 atom stereocenters. The third-order valence-corrected chi connectivity index (χ3v) is 6.34. The molecule has 2 fully saturated rings. The molecular weight excluding hydrogens is 404 g/mol. The summed E-state index contributed by atoms with van der Waals surface area (Å²) in [4.78, 5) is 25.4. The van der Waals surface area contributed by atoms with Crippen LogP contribution in [0.3, 0.4) is 0 Å². The zero-order chi connectivity index (χ0) is 22.1. The van der Waals surface area contributed by atoms with Crippen LogP contribution in [0, 0.1) is 11.3 Å². The minimum atomic E-state index is -0.310. The van der Waals surface area contributed by atoms with E-state index in [0.717, 1.165) is 48.7 Å². The van der Waals surface area contributed by atoms with E-state index in [1.807, 2.05) is 37.5 Å². The van der Waals surface area contributed by atoms with Gasteiger partial charge in [0.25, 0.3) is 0 Å². The first-order valence-electron chi connectivity index (χ1n) is 10.9. The van der Waals surface area contributed by atoms with Gasteiger partial charge >= 0.3 is 6.09 Å². The number of fused-ring (bicyclic) bond motifs is 1. The van der Waals surface area contributed by atoms with Crippen LogP contribution in [-0.4, -0.2) is 32.7 Å². The molecule has 8 heteroatoms. The van der Waals surface area contributed by atoms with Gasteiger partial charge in [-0.3, -0.25) is 4.98 Å². The van der Waals surface area contributed by atoms with E-state index in [1.54, 1.807) is 12.3 Å². The highest BCUT2D eigenvalue weighted by Crippen LogP contribution is 2.37. The molecule has 2 N–H and O–H groups in total. The van der Waals surface area contributed by atoms with Crippen molar-refractivity contribution in [3.05, 3.63) is 54.0 Å². The van der Waals surface area contributed by atoms with Gasteiger partial charge in [0.05, 0.1) is 16.8 Å². The van der Waals surface area contributed by atoms with E-state index in [-0.39, 0.29) is 23.7 Å². The third-order valence-electron chi connectivity index (χ3n) is 6.34. The average molecular weight is 428 g/mol. The molecule has 1 amide bonds. The van der Waals surface area contributed by atoms with E-state index in [2.05, 4.69) is 31.7 Å². The molecule has 0 spiro atoms. The van der Waals surface area contributed by atoms with Gasteiger partial charge in [-0.2, -0.15) is 5.26 Å². The number of alkyl carbamates (subject to hydrolysis) is 1. The number of aromatic nitrogens is 3. The molecule has 2 aromatic heterocycles. The molecule has 2 saturated carbocycles. The lowest BCUT2D eigenvalue weighted by Gasteiger charge is -2.16. The summed E-state index contributed by atoms with van der Waals surface area (Å²) in [6.45, 7) is 2.04. The number of ether oxygens (including phenoxy) is 1. The van der Waals surface area contributed by atoms with E-state index in [4.69, 9.17) is 4.74 Å². The second kappa shape index (κ2) is 8.08. The van der Waals surface area contributed by atoms with Gasteiger partial charge in [0.15, 0.2) is 0 Å². The lowest BCUT2D eigenvalue weighted by molar-refractivity contribution is 0.0967. The summed E-state index contributed by atoms with van der Waals surface area (Å²) in [5.41, 5.74) is 2.95. The van der Waals surface area contributed by atoms with Crippen molar-refractivity contribution < 1.29 is 9.53 Å². The molecule has 162 valence electrons. The maximum absolute atomic E-state index is 12.1. The van der Waals surface area contributed by atoms with Crippen LogP contribution in [-0.2, 0) is 4.74 Å². The zero-order valence-corrected chi connectivity index (χ0v) is 17.8. The van der Waals surface area contributed by atoms with Crippen LogP contribution in [0.2, 0.25) is 0 Å². The first-order valence-corrected chi connectivity index (χ1v) is 10.9. The van der Waals surface area contributed by atoms with Crippen LogP contribution in [0.15, 0.2) is 42.9 Å². The first-order chi connectivity index (χ1) is 15.5. The third kappa shape index (κ3) is 4.19. The molecule has 32 heavy (non-hydrogen) atoms. The van der Waals surface area contributed by atoms with E-state index < -0.39 is 0 Å². The highest BCUT2D eigenvalue weighted by Gasteiger charge is 2.40. The fourth-order valence-electron chi connectivity index (χ4n) is 4.20. The van der Waals surface area contributed by atoms with Crippen molar-refractivity contribution >= 4 is 28.6 Å². The SMILES string of the molecule is CC1(NC(=O)O[C@H]2CC[C@@H](c3cnc(Nc4ccc(C#N)c5ncccc45)nc3)C2)CC1. The number of benzene rings is 1. The number of pyridine rings is 1. The summed E-state index contributed by atoms with van der Waals surface area (Å²) in [5.74, 6) is 0.754. The smallest absolute Gasteiger partial charge is 0.407 e. The van der Waals surface area contributed by atoms with Gasteiger partial charge in [0.2, 0.25) is 5.95 Å². The molecule has 0 radical (unpaired) electrons. The Hall–Kier alpha value is -3.73. The zero-order valence-electron chi connectivity index (χ0n) is 17.8. The minimum Gasteiger partial charge on any atom is -0.446 e. The van der Waals surface area contributed by atoms with Crippen molar-refractivity contribution in [3.63, 3.8) is 0 Å².